The third kappa shape index (κ3) is 6.20. The number of hydrogen-bond acceptors (Lipinski definition) is 5. The number of rotatable bonds is 10. The lowest BCUT2D eigenvalue weighted by Gasteiger charge is -2.13. The number of carbonyl (C=O) groups is 1. The number of unbranched alkanes of at least 4 members (excludes halogenated alkanes) is 2. The molecule has 7 heteroatoms. The molecule has 1 aromatic heterocycles. The van der Waals surface area contributed by atoms with Crippen molar-refractivity contribution in [2.75, 3.05) is 20.8 Å². The van der Waals surface area contributed by atoms with Crippen LogP contribution in [-0.4, -0.2) is 36.5 Å². The van der Waals surface area contributed by atoms with Crippen LogP contribution in [0.5, 0.6) is 17.4 Å². The van der Waals surface area contributed by atoms with E-state index in [2.05, 4.69) is 17.0 Å². The van der Waals surface area contributed by atoms with Gasteiger partial charge in [-0.1, -0.05) is 44.0 Å². The summed E-state index contributed by atoms with van der Waals surface area (Å²) in [4.78, 5) is 16.8. The lowest BCUT2D eigenvalue weighted by molar-refractivity contribution is -0.117. The van der Waals surface area contributed by atoms with Gasteiger partial charge in [0.05, 0.1) is 44.5 Å². The van der Waals surface area contributed by atoms with Crippen LogP contribution in [0.3, 0.4) is 0 Å². The number of amides is 1. The van der Waals surface area contributed by atoms with Crippen LogP contribution in [0.15, 0.2) is 65.8 Å². The van der Waals surface area contributed by atoms with Gasteiger partial charge < -0.3 is 14.2 Å². The highest BCUT2D eigenvalue weighted by atomic mass is 16.5. The van der Waals surface area contributed by atoms with E-state index in [0.29, 0.717) is 29.3 Å². The van der Waals surface area contributed by atoms with E-state index >= 15 is 0 Å². The van der Waals surface area contributed by atoms with E-state index in [1.54, 1.807) is 43.3 Å². The Bertz CT molecular complexity index is 1090. The van der Waals surface area contributed by atoms with Gasteiger partial charge in [-0.25, -0.2) is 9.67 Å². The zero-order valence-electron chi connectivity index (χ0n) is 18.8. The first kappa shape index (κ1) is 23.1. The Balaban J connectivity index is 1.83. The predicted molar refractivity (Wildman–Crippen MR) is 122 cm³/mol. The second kappa shape index (κ2) is 11.7. The largest absolute Gasteiger partial charge is 0.493 e. The number of methoxy groups -OCH3 is 2. The number of aromatic nitrogens is 2. The molecule has 0 aliphatic carbocycles. The van der Waals surface area contributed by atoms with Crippen LogP contribution in [0.2, 0.25) is 0 Å². The number of benzene rings is 2. The number of hydrogen-bond donors (Lipinski definition) is 0. The zero-order chi connectivity index (χ0) is 22.8. The van der Waals surface area contributed by atoms with Crippen LogP contribution < -0.4 is 19.6 Å². The van der Waals surface area contributed by atoms with Crippen molar-refractivity contribution in [1.82, 2.24) is 9.78 Å². The van der Waals surface area contributed by atoms with Crippen molar-refractivity contribution in [3.63, 3.8) is 0 Å². The molecule has 3 aromatic rings. The van der Waals surface area contributed by atoms with E-state index in [0.717, 1.165) is 30.5 Å². The molecule has 0 aliphatic rings. The van der Waals surface area contributed by atoms with Gasteiger partial charge in [0.25, 0.3) is 5.91 Å². The topological polar surface area (TPSA) is 74.9 Å². The molecule has 0 saturated carbocycles. The molecule has 0 fully saturated rings. The van der Waals surface area contributed by atoms with Gasteiger partial charge in [-0.15, -0.1) is 0 Å². The molecule has 0 spiro atoms. The summed E-state index contributed by atoms with van der Waals surface area (Å²) in [6, 6.07) is 16.9. The summed E-state index contributed by atoms with van der Waals surface area (Å²) < 4.78 is 18.2. The summed E-state index contributed by atoms with van der Waals surface area (Å²) in [7, 11) is 3.14. The summed E-state index contributed by atoms with van der Waals surface area (Å²) in [5.41, 5.74) is 1.66. The van der Waals surface area contributed by atoms with Crippen LogP contribution >= 0.6 is 0 Å². The van der Waals surface area contributed by atoms with E-state index in [-0.39, 0.29) is 12.3 Å². The van der Waals surface area contributed by atoms with Gasteiger partial charge >= 0.3 is 0 Å². The van der Waals surface area contributed by atoms with E-state index in [4.69, 9.17) is 14.2 Å². The van der Waals surface area contributed by atoms with Crippen LogP contribution in [0.1, 0.15) is 31.7 Å². The molecule has 0 saturated heterocycles. The molecule has 1 amide bonds. The quantitative estimate of drug-likeness (QED) is 0.448. The first-order valence-electron chi connectivity index (χ1n) is 10.7. The maximum atomic E-state index is 12.6. The molecule has 7 nitrogen and oxygen atoms in total. The second-order valence-corrected chi connectivity index (χ2v) is 7.23. The smallest absolute Gasteiger partial charge is 0.250 e. The Kier molecular flexibility index (Phi) is 8.43. The molecule has 0 radical (unpaired) electrons. The second-order valence-electron chi connectivity index (χ2n) is 7.23. The lowest BCUT2D eigenvalue weighted by Crippen LogP contribution is -2.16. The summed E-state index contributed by atoms with van der Waals surface area (Å²) in [6.07, 6.45) is 4.86. The molecular weight excluding hydrogens is 406 g/mol. The lowest BCUT2D eigenvalue weighted by atomic mass is 10.1. The van der Waals surface area contributed by atoms with Crippen molar-refractivity contribution >= 4 is 5.91 Å². The average Bonchev–Trinajstić information content (AvgIpc) is 2.82. The molecule has 0 atom stereocenters. The molecule has 0 N–H and O–H groups in total. The van der Waals surface area contributed by atoms with E-state index in [1.807, 2.05) is 36.4 Å². The molecule has 0 bridgehead atoms. The normalized spacial score (nSPS) is 11.3. The zero-order valence-corrected chi connectivity index (χ0v) is 18.8. The van der Waals surface area contributed by atoms with Gasteiger partial charge in [0.1, 0.15) is 0 Å². The highest BCUT2D eigenvalue weighted by Crippen LogP contribution is 2.27. The van der Waals surface area contributed by atoms with Crippen molar-refractivity contribution in [3.05, 3.63) is 71.7 Å². The van der Waals surface area contributed by atoms with Gasteiger partial charge in [-0.3, -0.25) is 4.79 Å². The van der Waals surface area contributed by atoms with E-state index in [9.17, 15) is 4.79 Å². The van der Waals surface area contributed by atoms with Gasteiger partial charge in [0, 0.05) is 6.07 Å². The Hall–Kier alpha value is -3.61. The third-order valence-corrected chi connectivity index (χ3v) is 4.84. The number of ether oxygens (including phenoxy) is 3. The van der Waals surface area contributed by atoms with E-state index < -0.39 is 0 Å². The fourth-order valence-electron chi connectivity index (χ4n) is 3.20. The Labute approximate surface area is 188 Å². The van der Waals surface area contributed by atoms with Crippen LogP contribution in [-0.2, 0) is 11.2 Å². The fourth-order valence-corrected chi connectivity index (χ4v) is 3.20. The highest BCUT2D eigenvalue weighted by Gasteiger charge is 2.09. The van der Waals surface area contributed by atoms with Crippen LogP contribution in [0, 0.1) is 0 Å². The van der Waals surface area contributed by atoms with Crippen molar-refractivity contribution in [1.29, 1.82) is 0 Å². The van der Waals surface area contributed by atoms with Crippen molar-refractivity contribution in [2.45, 2.75) is 32.6 Å². The number of nitrogens with zero attached hydrogens (tertiary/aromatic N) is 3. The predicted octanol–water partition coefficient (Wildman–Crippen LogP) is 4.13. The monoisotopic (exact) mass is 435 g/mol. The Morgan fingerprint density at radius 2 is 1.78 bits per heavy atom. The first-order chi connectivity index (χ1) is 15.6. The molecule has 168 valence electrons. The molecule has 0 aliphatic heterocycles. The average molecular weight is 436 g/mol. The maximum absolute atomic E-state index is 12.6. The maximum Gasteiger partial charge on any atom is 0.250 e. The number of carbonyl (C=O) groups excluding carboxylic acids is 1. The standard InChI is InChI=1S/C25H29N3O4/c1-4-5-9-14-32-25-17-20(18-26-28(25)21-10-7-6-8-11-21)27-24(29)16-19-12-13-22(30-2)23(15-19)31-3/h6-8,10-13,15,17-18H,4-5,9,14,16H2,1-3H3/b27-20-. The van der Waals surface area contributed by atoms with Gasteiger partial charge in [0.15, 0.2) is 11.5 Å². The molecule has 32 heavy (non-hydrogen) atoms. The van der Waals surface area contributed by atoms with Gasteiger partial charge in [-0.05, 0) is 36.2 Å². The number of para-hydroxylation sites is 1. The summed E-state index contributed by atoms with van der Waals surface area (Å²) in [5, 5.41) is 4.92. The van der Waals surface area contributed by atoms with Gasteiger partial charge in [0.2, 0.25) is 5.88 Å². The van der Waals surface area contributed by atoms with Crippen molar-refractivity contribution < 1.29 is 19.0 Å². The van der Waals surface area contributed by atoms with Crippen molar-refractivity contribution in [3.8, 4) is 23.1 Å². The molecule has 3 rings (SSSR count). The minimum absolute atomic E-state index is 0.140. The molecule has 2 aromatic carbocycles. The van der Waals surface area contributed by atoms with Gasteiger partial charge in [-0.2, -0.15) is 5.10 Å². The van der Waals surface area contributed by atoms with E-state index in [1.165, 1.54) is 0 Å². The Morgan fingerprint density at radius 3 is 2.50 bits per heavy atom. The third-order valence-electron chi connectivity index (χ3n) is 4.84. The minimum Gasteiger partial charge on any atom is -0.493 e. The highest BCUT2D eigenvalue weighted by molar-refractivity contribution is 5.79. The Morgan fingerprint density at radius 1 is 1.00 bits per heavy atom. The fraction of sp³-hybridized carbons (Fsp3) is 0.320. The summed E-state index contributed by atoms with van der Waals surface area (Å²) >= 11 is 0. The molecular formula is C25H29N3O4. The molecule has 1 heterocycles. The summed E-state index contributed by atoms with van der Waals surface area (Å²) in [5.74, 6) is 1.45. The minimum atomic E-state index is -0.284. The van der Waals surface area contributed by atoms with Crippen molar-refractivity contribution in [2.24, 2.45) is 4.99 Å². The van der Waals surface area contributed by atoms with Crippen LogP contribution in [0.4, 0.5) is 0 Å². The summed E-state index contributed by atoms with van der Waals surface area (Å²) in [6.45, 7) is 2.72. The van der Waals surface area contributed by atoms with Crippen LogP contribution in [0.25, 0.3) is 5.69 Å². The molecule has 0 unspecified atom stereocenters. The first-order valence-corrected chi connectivity index (χ1v) is 10.7. The SMILES string of the molecule is CCCCCOc1c/c(=N/C(=O)Cc2ccc(OC)c(OC)c2)cnn1-c1ccccc1.